The number of aromatic nitrogens is 2. The Kier molecular flexibility index (Phi) is 6.48. The van der Waals surface area contributed by atoms with Gasteiger partial charge in [0.25, 0.3) is 11.8 Å². The molecule has 0 radical (unpaired) electrons. The third kappa shape index (κ3) is 5.13. The Labute approximate surface area is 206 Å². The van der Waals surface area contributed by atoms with Crippen molar-refractivity contribution in [2.75, 3.05) is 0 Å². The maximum atomic E-state index is 12.2. The van der Waals surface area contributed by atoms with E-state index < -0.39 is 0 Å². The van der Waals surface area contributed by atoms with Gasteiger partial charge in [0.2, 0.25) is 0 Å². The first kappa shape index (κ1) is 22.5. The smallest absolute Gasteiger partial charge is 0.267 e. The number of amides is 2. The molecule has 0 saturated carbocycles. The number of fused-ring (bicyclic) bond motifs is 3. The molecule has 2 heterocycles. The molecule has 2 N–H and O–H groups in total. The van der Waals surface area contributed by atoms with E-state index in [9.17, 15) is 9.59 Å². The van der Waals surface area contributed by atoms with Crippen LogP contribution in [-0.4, -0.2) is 34.2 Å². The van der Waals surface area contributed by atoms with Crippen LogP contribution in [0.3, 0.4) is 0 Å². The third-order valence-electron chi connectivity index (χ3n) is 5.36. The molecular weight excluding hydrogens is 452 g/mol. The molecular formula is C28H20N6O2. The number of carbonyl (C=O) groups is 2. The summed E-state index contributed by atoms with van der Waals surface area (Å²) in [4.78, 5) is 33.7. The molecule has 36 heavy (non-hydrogen) atoms. The number of carbonyl (C=O) groups excluding carboxylic acids is 2. The van der Waals surface area contributed by atoms with E-state index in [0.29, 0.717) is 33.5 Å². The van der Waals surface area contributed by atoms with Crippen LogP contribution in [0.25, 0.3) is 21.8 Å². The molecule has 174 valence electrons. The first-order valence-electron chi connectivity index (χ1n) is 11.1. The van der Waals surface area contributed by atoms with Crippen molar-refractivity contribution in [1.82, 2.24) is 20.8 Å². The van der Waals surface area contributed by atoms with Crippen molar-refractivity contribution in [2.45, 2.75) is 0 Å². The number of hydrazone groups is 2. The van der Waals surface area contributed by atoms with Gasteiger partial charge in [-0.25, -0.2) is 20.8 Å². The SMILES string of the molecule is O=C(N/N=C/c1ccc2ccc3ccc(/C=N/NC(=O)c4ccccc4)nc3c2n1)c1ccccc1. The number of pyridine rings is 2. The van der Waals surface area contributed by atoms with E-state index in [1.807, 2.05) is 48.5 Å². The maximum absolute atomic E-state index is 12.2. The first-order valence-corrected chi connectivity index (χ1v) is 11.1. The Hall–Kier alpha value is -5.24. The quantitative estimate of drug-likeness (QED) is 0.218. The van der Waals surface area contributed by atoms with Gasteiger partial charge in [0.05, 0.1) is 34.9 Å². The van der Waals surface area contributed by atoms with Gasteiger partial charge in [-0.15, -0.1) is 0 Å². The second kappa shape index (κ2) is 10.4. The van der Waals surface area contributed by atoms with Gasteiger partial charge in [-0.05, 0) is 36.4 Å². The summed E-state index contributed by atoms with van der Waals surface area (Å²) in [6.07, 6.45) is 2.98. The molecule has 5 aromatic rings. The van der Waals surface area contributed by atoms with E-state index in [-0.39, 0.29) is 11.8 Å². The van der Waals surface area contributed by atoms with Gasteiger partial charge in [-0.3, -0.25) is 9.59 Å². The fraction of sp³-hybridized carbons (Fsp3) is 0. The van der Waals surface area contributed by atoms with Gasteiger partial charge < -0.3 is 0 Å². The van der Waals surface area contributed by atoms with Crippen molar-refractivity contribution in [3.8, 4) is 0 Å². The van der Waals surface area contributed by atoms with Crippen molar-refractivity contribution >= 4 is 46.0 Å². The second-order valence-corrected chi connectivity index (χ2v) is 7.81. The van der Waals surface area contributed by atoms with Crippen LogP contribution >= 0.6 is 0 Å². The van der Waals surface area contributed by atoms with E-state index in [1.165, 1.54) is 12.4 Å². The molecule has 3 aromatic carbocycles. The zero-order chi connectivity index (χ0) is 24.7. The van der Waals surface area contributed by atoms with E-state index >= 15 is 0 Å². The zero-order valence-corrected chi connectivity index (χ0v) is 19.0. The lowest BCUT2D eigenvalue weighted by Crippen LogP contribution is -2.17. The molecule has 0 fully saturated rings. The van der Waals surface area contributed by atoms with Crippen LogP contribution < -0.4 is 10.9 Å². The molecule has 2 aromatic heterocycles. The molecule has 0 aliphatic carbocycles. The minimum absolute atomic E-state index is 0.303. The molecule has 2 amide bonds. The Morgan fingerprint density at radius 2 is 0.944 bits per heavy atom. The lowest BCUT2D eigenvalue weighted by atomic mass is 10.1. The van der Waals surface area contributed by atoms with Crippen molar-refractivity contribution in [2.24, 2.45) is 10.2 Å². The number of hydrogen-bond acceptors (Lipinski definition) is 6. The molecule has 0 aliphatic heterocycles. The van der Waals surface area contributed by atoms with Crippen LogP contribution in [0.1, 0.15) is 32.1 Å². The topological polar surface area (TPSA) is 109 Å². The number of nitrogens with zero attached hydrogens (tertiary/aromatic N) is 4. The highest BCUT2D eigenvalue weighted by Gasteiger charge is 2.07. The predicted molar refractivity (Wildman–Crippen MR) is 140 cm³/mol. The highest BCUT2D eigenvalue weighted by Crippen LogP contribution is 2.22. The zero-order valence-electron chi connectivity index (χ0n) is 19.0. The molecule has 5 rings (SSSR count). The molecule has 0 bridgehead atoms. The van der Waals surface area contributed by atoms with Crippen molar-refractivity contribution in [3.05, 3.63) is 120 Å². The van der Waals surface area contributed by atoms with Crippen LogP contribution in [-0.2, 0) is 0 Å². The van der Waals surface area contributed by atoms with E-state index in [2.05, 4.69) is 31.0 Å². The van der Waals surface area contributed by atoms with Gasteiger partial charge in [0.1, 0.15) is 0 Å². The summed E-state index contributed by atoms with van der Waals surface area (Å²) < 4.78 is 0. The molecule has 8 nitrogen and oxygen atoms in total. The van der Waals surface area contributed by atoms with Gasteiger partial charge >= 0.3 is 0 Å². The monoisotopic (exact) mass is 472 g/mol. The largest absolute Gasteiger partial charge is 0.271 e. The Morgan fingerprint density at radius 1 is 0.556 bits per heavy atom. The molecule has 0 aliphatic rings. The minimum Gasteiger partial charge on any atom is -0.267 e. The lowest BCUT2D eigenvalue weighted by Gasteiger charge is -2.05. The van der Waals surface area contributed by atoms with Crippen LogP contribution in [0.5, 0.6) is 0 Å². The summed E-state index contributed by atoms with van der Waals surface area (Å²) in [6, 6.07) is 29.1. The highest BCUT2D eigenvalue weighted by atomic mass is 16.2. The summed E-state index contributed by atoms with van der Waals surface area (Å²) in [7, 11) is 0. The van der Waals surface area contributed by atoms with Crippen LogP contribution in [0.15, 0.2) is 107 Å². The first-order chi connectivity index (χ1) is 17.7. The Bertz CT molecular complexity index is 1490. The molecule has 0 spiro atoms. The summed E-state index contributed by atoms with van der Waals surface area (Å²) in [5.41, 5.74) is 8.57. The predicted octanol–water partition coefficient (Wildman–Crippen LogP) is 4.31. The number of hydrogen-bond donors (Lipinski definition) is 2. The summed E-state index contributed by atoms with van der Waals surface area (Å²) >= 11 is 0. The third-order valence-corrected chi connectivity index (χ3v) is 5.36. The fourth-order valence-corrected chi connectivity index (χ4v) is 3.56. The molecule has 0 atom stereocenters. The van der Waals surface area contributed by atoms with Gasteiger partial charge in [-0.2, -0.15) is 10.2 Å². The van der Waals surface area contributed by atoms with Gasteiger partial charge in [-0.1, -0.05) is 60.7 Å². The second-order valence-electron chi connectivity index (χ2n) is 7.81. The summed E-state index contributed by atoms with van der Waals surface area (Å²) in [5, 5.41) is 9.89. The number of benzene rings is 3. The summed E-state index contributed by atoms with van der Waals surface area (Å²) in [5.74, 6) is -0.605. The standard InChI is InChI=1S/C28H20N6O2/c35-27(21-7-3-1-4-8-21)33-29-17-23-15-13-19-11-12-20-14-16-24(32-26(20)25(19)31-23)18-30-34-28(36)22-9-5-2-6-10-22/h1-18H,(H,33,35)(H,34,36)/b29-17+,30-18+. The van der Waals surface area contributed by atoms with E-state index in [1.54, 1.807) is 48.5 Å². The molecule has 0 saturated heterocycles. The highest BCUT2D eigenvalue weighted by molar-refractivity contribution is 6.04. The molecule has 0 unspecified atom stereocenters. The van der Waals surface area contributed by atoms with Crippen molar-refractivity contribution in [3.63, 3.8) is 0 Å². The van der Waals surface area contributed by atoms with Crippen LogP contribution in [0, 0.1) is 0 Å². The van der Waals surface area contributed by atoms with Gasteiger partial charge in [0, 0.05) is 21.9 Å². The number of nitrogens with one attached hydrogen (secondary N) is 2. The Morgan fingerprint density at radius 3 is 1.36 bits per heavy atom. The van der Waals surface area contributed by atoms with Crippen LogP contribution in [0.4, 0.5) is 0 Å². The minimum atomic E-state index is -0.303. The average Bonchev–Trinajstić information content (AvgIpc) is 2.93. The van der Waals surface area contributed by atoms with Gasteiger partial charge in [0.15, 0.2) is 0 Å². The van der Waals surface area contributed by atoms with Crippen molar-refractivity contribution in [1.29, 1.82) is 0 Å². The normalized spacial score (nSPS) is 11.3. The fourth-order valence-electron chi connectivity index (χ4n) is 3.56. The van der Waals surface area contributed by atoms with Crippen LogP contribution in [0.2, 0.25) is 0 Å². The number of rotatable bonds is 6. The molecule has 8 heteroatoms. The lowest BCUT2D eigenvalue weighted by molar-refractivity contribution is 0.0947. The summed E-state index contributed by atoms with van der Waals surface area (Å²) in [6.45, 7) is 0. The van der Waals surface area contributed by atoms with Crippen molar-refractivity contribution < 1.29 is 9.59 Å². The maximum Gasteiger partial charge on any atom is 0.271 e. The van der Waals surface area contributed by atoms with E-state index in [4.69, 9.17) is 0 Å². The Balaban J connectivity index is 1.36. The van der Waals surface area contributed by atoms with E-state index in [0.717, 1.165) is 10.8 Å². The average molecular weight is 473 g/mol.